The number of anilines is 2. The summed E-state index contributed by atoms with van der Waals surface area (Å²) < 4.78 is 38.6. The Balaban J connectivity index is 2.33. The molecule has 0 saturated heterocycles. The Morgan fingerprint density at radius 1 is 1.26 bits per heavy atom. The van der Waals surface area contributed by atoms with Crippen molar-refractivity contribution in [2.24, 2.45) is 0 Å². The third kappa shape index (κ3) is 2.96. The van der Waals surface area contributed by atoms with E-state index in [1.807, 2.05) is 6.92 Å². The average molecular weight is 272 g/mol. The summed E-state index contributed by atoms with van der Waals surface area (Å²) in [7, 11) is 0. The topological polar surface area (TPSA) is 29.3 Å². The van der Waals surface area contributed by atoms with Gasteiger partial charge in [-0.1, -0.05) is 12.8 Å². The molecule has 5 heteroatoms. The number of benzene rings is 1. The number of hydrogen-bond donors (Lipinski definition) is 1. The first-order chi connectivity index (χ1) is 8.93. The maximum absolute atomic E-state index is 12.9. The lowest BCUT2D eigenvalue weighted by Crippen LogP contribution is -2.33. The van der Waals surface area contributed by atoms with Crippen molar-refractivity contribution in [3.63, 3.8) is 0 Å². The Morgan fingerprint density at radius 3 is 2.42 bits per heavy atom. The molecule has 2 nitrogen and oxygen atoms in total. The summed E-state index contributed by atoms with van der Waals surface area (Å²) in [5, 5.41) is 0. The van der Waals surface area contributed by atoms with Gasteiger partial charge in [0, 0.05) is 24.0 Å². The summed E-state index contributed by atoms with van der Waals surface area (Å²) in [5.41, 5.74) is 5.11. The van der Waals surface area contributed by atoms with Crippen molar-refractivity contribution in [2.75, 3.05) is 17.2 Å². The van der Waals surface area contributed by atoms with Crippen LogP contribution in [0.2, 0.25) is 0 Å². The van der Waals surface area contributed by atoms with E-state index in [0.717, 1.165) is 25.7 Å². The van der Waals surface area contributed by atoms with Gasteiger partial charge in [0.25, 0.3) is 0 Å². The van der Waals surface area contributed by atoms with Gasteiger partial charge in [-0.2, -0.15) is 13.2 Å². The van der Waals surface area contributed by atoms with E-state index in [0.29, 0.717) is 18.3 Å². The van der Waals surface area contributed by atoms with Crippen LogP contribution in [0, 0.1) is 0 Å². The fourth-order valence-electron chi connectivity index (χ4n) is 2.84. The number of nitrogens with zero attached hydrogens (tertiary/aromatic N) is 1. The average Bonchev–Trinajstić information content (AvgIpc) is 2.84. The van der Waals surface area contributed by atoms with Crippen LogP contribution in [0.3, 0.4) is 0 Å². The highest BCUT2D eigenvalue weighted by Gasteiger charge is 2.34. The van der Waals surface area contributed by atoms with Crippen molar-refractivity contribution >= 4 is 11.4 Å². The van der Waals surface area contributed by atoms with Crippen molar-refractivity contribution in [3.05, 3.63) is 23.8 Å². The molecule has 2 N–H and O–H groups in total. The standard InChI is InChI=1S/C14H19F3N2/c1-2-19(10-5-3-4-6-10)11-7-8-13(18)12(9-11)14(15,16)17/h7-10H,2-6,18H2,1H3. The van der Waals surface area contributed by atoms with Gasteiger partial charge in [0.15, 0.2) is 0 Å². The molecule has 1 aromatic rings. The van der Waals surface area contributed by atoms with Crippen LogP contribution in [0.15, 0.2) is 18.2 Å². The Bertz CT molecular complexity index is 437. The lowest BCUT2D eigenvalue weighted by atomic mass is 10.1. The summed E-state index contributed by atoms with van der Waals surface area (Å²) in [5.74, 6) is 0. The molecule has 0 heterocycles. The molecular weight excluding hydrogens is 253 g/mol. The maximum Gasteiger partial charge on any atom is 0.418 e. The van der Waals surface area contributed by atoms with Crippen molar-refractivity contribution in [2.45, 2.75) is 44.8 Å². The van der Waals surface area contributed by atoms with Crippen LogP contribution in [-0.2, 0) is 6.18 Å². The summed E-state index contributed by atoms with van der Waals surface area (Å²) in [6, 6.07) is 4.58. The Hall–Kier alpha value is -1.39. The molecule has 1 fully saturated rings. The molecule has 0 spiro atoms. The van der Waals surface area contributed by atoms with E-state index in [1.54, 1.807) is 6.07 Å². The van der Waals surface area contributed by atoms with Gasteiger partial charge in [-0.3, -0.25) is 0 Å². The van der Waals surface area contributed by atoms with E-state index in [9.17, 15) is 13.2 Å². The maximum atomic E-state index is 12.9. The SMILES string of the molecule is CCN(c1ccc(N)c(C(F)(F)F)c1)C1CCCC1. The first kappa shape index (κ1) is 14.0. The zero-order chi connectivity index (χ0) is 14.0. The molecule has 0 amide bonds. The molecule has 0 unspecified atom stereocenters. The molecule has 0 radical (unpaired) electrons. The van der Waals surface area contributed by atoms with E-state index < -0.39 is 11.7 Å². The number of nitrogen functional groups attached to an aromatic ring is 1. The van der Waals surface area contributed by atoms with Crippen molar-refractivity contribution in [1.29, 1.82) is 0 Å². The van der Waals surface area contributed by atoms with Crippen molar-refractivity contribution in [3.8, 4) is 0 Å². The van der Waals surface area contributed by atoms with Crippen LogP contribution in [0.1, 0.15) is 38.2 Å². The number of hydrogen-bond acceptors (Lipinski definition) is 2. The minimum atomic E-state index is -4.39. The summed E-state index contributed by atoms with van der Waals surface area (Å²) >= 11 is 0. The third-order valence-electron chi connectivity index (χ3n) is 3.78. The highest BCUT2D eigenvalue weighted by atomic mass is 19.4. The molecule has 1 saturated carbocycles. The molecule has 106 valence electrons. The van der Waals surface area contributed by atoms with Gasteiger partial charge >= 0.3 is 6.18 Å². The fraction of sp³-hybridized carbons (Fsp3) is 0.571. The monoisotopic (exact) mass is 272 g/mol. The van der Waals surface area contributed by atoms with Gasteiger partial charge in [-0.15, -0.1) is 0 Å². The molecule has 0 atom stereocenters. The van der Waals surface area contributed by atoms with Gasteiger partial charge in [0.05, 0.1) is 5.56 Å². The predicted molar refractivity (Wildman–Crippen MR) is 71.1 cm³/mol. The van der Waals surface area contributed by atoms with E-state index >= 15 is 0 Å². The molecule has 1 aromatic carbocycles. The zero-order valence-corrected chi connectivity index (χ0v) is 11.0. The molecule has 0 bridgehead atoms. The first-order valence-electron chi connectivity index (χ1n) is 6.67. The van der Waals surface area contributed by atoms with Gasteiger partial charge in [-0.25, -0.2) is 0 Å². The molecule has 2 rings (SSSR count). The Labute approximate surface area is 111 Å². The summed E-state index contributed by atoms with van der Waals surface area (Å²) in [6.07, 6.45) is 0.0266. The molecule has 1 aliphatic rings. The second-order valence-electron chi connectivity index (χ2n) is 4.99. The van der Waals surface area contributed by atoms with Crippen molar-refractivity contribution in [1.82, 2.24) is 0 Å². The summed E-state index contributed by atoms with van der Waals surface area (Å²) in [6.45, 7) is 2.69. The van der Waals surface area contributed by atoms with Gasteiger partial charge in [0.2, 0.25) is 0 Å². The third-order valence-corrected chi connectivity index (χ3v) is 3.78. The van der Waals surface area contributed by atoms with E-state index in [1.165, 1.54) is 12.1 Å². The van der Waals surface area contributed by atoms with Gasteiger partial charge in [-0.05, 0) is 38.0 Å². The second-order valence-corrected chi connectivity index (χ2v) is 4.99. The fourth-order valence-corrected chi connectivity index (χ4v) is 2.84. The highest BCUT2D eigenvalue weighted by Crippen LogP contribution is 2.37. The van der Waals surface area contributed by atoms with Crippen LogP contribution in [-0.4, -0.2) is 12.6 Å². The lowest BCUT2D eigenvalue weighted by Gasteiger charge is -2.30. The largest absolute Gasteiger partial charge is 0.418 e. The Kier molecular flexibility index (Phi) is 3.92. The van der Waals surface area contributed by atoms with Crippen molar-refractivity contribution < 1.29 is 13.2 Å². The summed E-state index contributed by atoms with van der Waals surface area (Å²) in [4.78, 5) is 2.06. The van der Waals surface area contributed by atoms with E-state index in [4.69, 9.17) is 5.73 Å². The van der Waals surface area contributed by atoms with Crippen LogP contribution in [0.4, 0.5) is 24.5 Å². The minimum Gasteiger partial charge on any atom is -0.398 e. The lowest BCUT2D eigenvalue weighted by molar-refractivity contribution is -0.136. The molecule has 1 aliphatic carbocycles. The van der Waals surface area contributed by atoms with Crippen LogP contribution in [0.5, 0.6) is 0 Å². The molecular formula is C14H19F3N2. The van der Waals surface area contributed by atoms with Crippen LogP contribution in [0.25, 0.3) is 0 Å². The normalized spacial score (nSPS) is 16.8. The van der Waals surface area contributed by atoms with E-state index in [-0.39, 0.29) is 5.69 Å². The van der Waals surface area contributed by atoms with Gasteiger partial charge < -0.3 is 10.6 Å². The predicted octanol–water partition coefficient (Wildman–Crippen LogP) is 4.06. The number of rotatable bonds is 3. The zero-order valence-electron chi connectivity index (χ0n) is 11.0. The van der Waals surface area contributed by atoms with E-state index in [2.05, 4.69) is 4.90 Å². The first-order valence-corrected chi connectivity index (χ1v) is 6.67. The van der Waals surface area contributed by atoms with Crippen LogP contribution < -0.4 is 10.6 Å². The number of halogens is 3. The number of alkyl halides is 3. The van der Waals surface area contributed by atoms with Crippen LogP contribution >= 0.6 is 0 Å². The highest BCUT2D eigenvalue weighted by molar-refractivity contribution is 5.60. The minimum absolute atomic E-state index is 0.210. The number of nitrogens with two attached hydrogens (primary N) is 1. The van der Waals surface area contributed by atoms with Gasteiger partial charge in [0.1, 0.15) is 0 Å². The second kappa shape index (κ2) is 5.31. The Morgan fingerprint density at radius 2 is 1.89 bits per heavy atom. The quantitative estimate of drug-likeness (QED) is 0.841. The molecule has 0 aliphatic heterocycles. The smallest absolute Gasteiger partial charge is 0.398 e. The molecule has 0 aromatic heterocycles. The molecule has 19 heavy (non-hydrogen) atoms.